The van der Waals surface area contributed by atoms with Crippen LogP contribution in [0.2, 0.25) is 0 Å². The lowest BCUT2D eigenvalue weighted by molar-refractivity contribution is -0.143. The normalized spacial score (nSPS) is 12.1. The molecule has 1 heterocycles. The first-order chi connectivity index (χ1) is 12.7. The van der Waals surface area contributed by atoms with Crippen LogP contribution in [0.3, 0.4) is 0 Å². The van der Waals surface area contributed by atoms with Gasteiger partial charge in [-0.2, -0.15) is 0 Å². The Morgan fingerprint density at radius 1 is 0.889 bits per heavy atom. The summed E-state index contributed by atoms with van der Waals surface area (Å²) in [6, 6.07) is 9.99. The lowest BCUT2D eigenvalue weighted by atomic mass is 10.0. The van der Waals surface area contributed by atoms with E-state index in [1.165, 1.54) is 11.3 Å². The maximum Gasteiger partial charge on any atom is 0.339 e. The van der Waals surface area contributed by atoms with Crippen LogP contribution < -0.4 is 0 Å². The molecule has 0 aliphatic carbocycles. The lowest BCUT2D eigenvalue weighted by Crippen LogP contribution is -2.47. The Morgan fingerprint density at radius 2 is 1.48 bits per heavy atom. The minimum atomic E-state index is -0.938. The molecule has 5 nitrogen and oxygen atoms in total. The number of thiophene rings is 1. The van der Waals surface area contributed by atoms with E-state index in [4.69, 9.17) is 4.74 Å². The number of ether oxygens (including phenoxy) is 1. The third-order valence-electron chi connectivity index (χ3n) is 4.14. The van der Waals surface area contributed by atoms with Crippen LogP contribution >= 0.6 is 11.3 Å². The summed E-state index contributed by atoms with van der Waals surface area (Å²) < 4.78 is 5.41. The average Bonchev–Trinajstić information content (AvgIpc) is 3.14. The predicted octanol–water partition coefficient (Wildman–Crippen LogP) is 4.17. The second-order valence-corrected chi connectivity index (χ2v) is 7.78. The number of hydrogen-bond acceptors (Lipinski definition) is 5. The highest BCUT2D eigenvalue weighted by molar-refractivity contribution is 7.12. The van der Waals surface area contributed by atoms with Crippen LogP contribution in [0.4, 0.5) is 0 Å². The van der Waals surface area contributed by atoms with Crippen molar-refractivity contribution in [3.63, 3.8) is 0 Å². The van der Waals surface area contributed by atoms with Gasteiger partial charge in [-0.15, -0.1) is 11.3 Å². The number of rotatable bonds is 7. The molecule has 0 radical (unpaired) electrons. The molecular formula is C21H25NO4S. The molecule has 27 heavy (non-hydrogen) atoms. The Labute approximate surface area is 164 Å². The summed E-state index contributed by atoms with van der Waals surface area (Å²) in [4.78, 5) is 40.3. The fraction of sp³-hybridized carbons (Fsp3) is 0.381. The number of carbonyl (C=O) groups excluding carboxylic acids is 3. The highest BCUT2D eigenvalue weighted by Crippen LogP contribution is 2.20. The Bertz CT molecular complexity index is 803. The van der Waals surface area contributed by atoms with Crippen molar-refractivity contribution in [3.8, 4) is 0 Å². The predicted molar refractivity (Wildman–Crippen MR) is 106 cm³/mol. The minimum Gasteiger partial charge on any atom is -0.449 e. The number of amides is 1. The number of ketones is 1. The van der Waals surface area contributed by atoms with Gasteiger partial charge in [0.05, 0.1) is 10.4 Å². The van der Waals surface area contributed by atoms with E-state index < -0.39 is 12.1 Å². The van der Waals surface area contributed by atoms with E-state index in [0.717, 1.165) is 0 Å². The molecule has 0 bridgehead atoms. The zero-order valence-electron chi connectivity index (χ0n) is 16.3. The quantitative estimate of drug-likeness (QED) is 0.528. The molecule has 144 valence electrons. The lowest BCUT2D eigenvalue weighted by Gasteiger charge is -2.32. The Morgan fingerprint density at radius 3 is 2.00 bits per heavy atom. The van der Waals surface area contributed by atoms with E-state index in [-0.39, 0.29) is 34.9 Å². The van der Waals surface area contributed by atoms with Crippen molar-refractivity contribution in [3.05, 3.63) is 57.8 Å². The van der Waals surface area contributed by atoms with Gasteiger partial charge in [-0.1, -0.05) is 24.3 Å². The van der Waals surface area contributed by atoms with Crippen LogP contribution in [0.15, 0.2) is 41.8 Å². The molecule has 1 aromatic carbocycles. The molecule has 0 aliphatic rings. The number of nitrogens with zero attached hydrogens (tertiary/aromatic N) is 1. The fourth-order valence-corrected chi connectivity index (χ4v) is 3.67. The number of benzene rings is 1. The molecule has 0 saturated heterocycles. The van der Waals surface area contributed by atoms with E-state index in [1.807, 2.05) is 27.7 Å². The molecule has 0 fully saturated rings. The average molecular weight is 388 g/mol. The van der Waals surface area contributed by atoms with Gasteiger partial charge in [-0.3, -0.25) is 9.59 Å². The summed E-state index contributed by atoms with van der Waals surface area (Å²) in [6.07, 6.45) is -0.938. The summed E-state index contributed by atoms with van der Waals surface area (Å²) >= 11 is 1.31. The van der Waals surface area contributed by atoms with Crippen LogP contribution in [0.1, 0.15) is 60.2 Å². The van der Waals surface area contributed by atoms with Crippen LogP contribution in [0, 0.1) is 0 Å². The summed E-state index contributed by atoms with van der Waals surface area (Å²) in [7, 11) is 0. The molecule has 2 rings (SSSR count). The summed E-state index contributed by atoms with van der Waals surface area (Å²) in [5, 5.41) is 1.81. The van der Waals surface area contributed by atoms with E-state index in [0.29, 0.717) is 4.88 Å². The molecule has 1 amide bonds. The monoisotopic (exact) mass is 387 g/mol. The first kappa shape index (κ1) is 20.8. The summed E-state index contributed by atoms with van der Waals surface area (Å²) in [5.74, 6) is -1.17. The second kappa shape index (κ2) is 8.95. The number of hydrogen-bond donors (Lipinski definition) is 0. The van der Waals surface area contributed by atoms with Gasteiger partial charge in [-0.05, 0) is 52.1 Å². The van der Waals surface area contributed by atoms with Crippen molar-refractivity contribution >= 4 is 29.0 Å². The van der Waals surface area contributed by atoms with E-state index in [9.17, 15) is 14.4 Å². The first-order valence-electron chi connectivity index (χ1n) is 8.94. The van der Waals surface area contributed by atoms with Crippen LogP contribution in [0.5, 0.6) is 0 Å². The van der Waals surface area contributed by atoms with Gasteiger partial charge in [0.1, 0.15) is 0 Å². The first-order valence-corrected chi connectivity index (χ1v) is 9.82. The Kier molecular flexibility index (Phi) is 6.91. The standard InChI is InChI=1S/C21H25NO4S/c1-13(2)22(14(3)4)20(24)15(5)26-21(25)17-10-7-6-9-16(17)19(23)18-11-8-12-27-18/h6-15H,1-5H3/t15-/m1/s1. The van der Waals surface area contributed by atoms with Gasteiger partial charge in [-0.25, -0.2) is 4.79 Å². The van der Waals surface area contributed by atoms with Crippen molar-refractivity contribution in [1.82, 2.24) is 4.90 Å². The van der Waals surface area contributed by atoms with Gasteiger partial charge in [0.25, 0.3) is 5.91 Å². The molecule has 6 heteroatoms. The fourth-order valence-electron chi connectivity index (χ4n) is 2.99. The zero-order valence-corrected chi connectivity index (χ0v) is 17.1. The number of esters is 1. The van der Waals surface area contributed by atoms with Gasteiger partial charge >= 0.3 is 5.97 Å². The second-order valence-electron chi connectivity index (χ2n) is 6.83. The molecule has 2 aromatic rings. The minimum absolute atomic E-state index is 0.00801. The molecule has 0 saturated carbocycles. The van der Waals surface area contributed by atoms with Gasteiger partial charge < -0.3 is 9.64 Å². The molecule has 0 unspecified atom stereocenters. The SMILES string of the molecule is CC(C)N(C(=O)[C@@H](C)OC(=O)c1ccccc1C(=O)c1cccs1)C(C)C. The van der Waals surface area contributed by atoms with Gasteiger partial charge in [0.2, 0.25) is 5.78 Å². The largest absolute Gasteiger partial charge is 0.449 e. The molecule has 0 N–H and O–H groups in total. The third kappa shape index (κ3) is 4.83. The zero-order chi connectivity index (χ0) is 20.1. The van der Waals surface area contributed by atoms with E-state index in [1.54, 1.807) is 53.6 Å². The van der Waals surface area contributed by atoms with E-state index >= 15 is 0 Å². The van der Waals surface area contributed by atoms with Crippen LogP contribution in [0.25, 0.3) is 0 Å². The molecule has 1 aromatic heterocycles. The Hall–Kier alpha value is -2.47. The number of carbonyl (C=O) groups is 3. The van der Waals surface area contributed by atoms with E-state index in [2.05, 4.69) is 0 Å². The van der Waals surface area contributed by atoms with Crippen molar-refractivity contribution in [2.75, 3.05) is 0 Å². The molecule has 1 atom stereocenters. The summed E-state index contributed by atoms with van der Waals surface area (Å²) in [5.41, 5.74) is 0.436. The molecular weight excluding hydrogens is 362 g/mol. The molecule has 0 spiro atoms. The van der Waals surface area contributed by atoms with Crippen molar-refractivity contribution in [2.45, 2.75) is 52.8 Å². The van der Waals surface area contributed by atoms with Crippen LogP contribution in [-0.2, 0) is 9.53 Å². The highest BCUT2D eigenvalue weighted by Gasteiger charge is 2.29. The van der Waals surface area contributed by atoms with Gasteiger partial charge in [0.15, 0.2) is 6.10 Å². The van der Waals surface area contributed by atoms with Crippen molar-refractivity contribution < 1.29 is 19.1 Å². The maximum atomic E-state index is 12.7. The van der Waals surface area contributed by atoms with Crippen LogP contribution in [-0.4, -0.2) is 40.7 Å². The molecule has 0 aliphatic heterocycles. The van der Waals surface area contributed by atoms with Crippen molar-refractivity contribution in [1.29, 1.82) is 0 Å². The van der Waals surface area contributed by atoms with Crippen molar-refractivity contribution in [2.24, 2.45) is 0 Å². The summed E-state index contributed by atoms with van der Waals surface area (Å²) in [6.45, 7) is 9.23. The maximum absolute atomic E-state index is 12.7. The third-order valence-corrected chi connectivity index (χ3v) is 5.00. The van der Waals surface area contributed by atoms with Gasteiger partial charge in [0, 0.05) is 17.6 Å². The highest BCUT2D eigenvalue weighted by atomic mass is 32.1. The Balaban J connectivity index is 2.21. The smallest absolute Gasteiger partial charge is 0.339 e. The topological polar surface area (TPSA) is 63.7 Å².